The molecule has 0 amide bonds. The first-order valence-corrected chi connectivity index (χ1v) is 5.94. The van der Waals surface area contributed by atoms with Crippen molar-refractivity contribution in [2.45, 2.75) is 13.5 Å². The average Bonchev–Trinajstić information content (AvgIpc) is 2.90. The molecule has 2 aromatic carbocycles. The van der Waals surface area contributed by atoms with Gasteiger partial charge < -0.3 is 4.74 Å². The Labute approximate surface area is 105 Å². The van der Waals surface area contributed by atoms with E-state index in [4.69, 9.17) is 4.74 Å². The number of nitrogens with zero attached hydrogens (tertiary/aromatic N) is 1. The number of ether oxygens (including phenoxy) is 1. The number of aryl methyl sites for hydroxylation is 1. The molecular formula is C15H14N2O. The summed E-state index contributed by atoms with van der Waals surface area (Å²) in [5.41, 5.74) is 3.38. The van der Waals surface area contributed by atoms with E-state index in [9.17, 15) is 0 Å². The molecule has 0 bridgehead atoms. The highest BCUT2D eigenvalue weighted by atomic mass is 16.5. The Balaban J connectivity index is 1.87. The Morgan fingerprint density at radius 2 is 1.94 bits per heavy atom. The topological polar surface area (TPSA) is 37.9 Å². The van der Waals surface area contributed by atoms with Crippen LogP contribution in [0.3, 0.4) is 0 Å². The first kappa shape index (κ1) is 10.8. The summed E-state index contributed by atoms with van der Waals surface area (Å²) in [6.07, 6.45) is 1.81. The molecule has 0 unspecified atom stereocenters. The third kappa shape index (κ3) is 1.95. The van der Waals surface area contributed by atoms with E-state index in [1.807, 2.05) is 36.5 Å². The minimum Gasteiger partial charge on any atom is -0.488 e. The molecule has 1 heterocycles. The van der Waals surface area contributed by atoms with Crippen LogP contribution in [0.2, 0.25) is 0 Å². The van der Waals surface area contributed by atoms with Gasteiger partial charge >= 0.3 is 0 Å². The molecule has 0 aliphatic rings. The lowest BCUT2D eigenvalue weighted by Crippen LogP contribution is -1.95. The number of rotatable bonds is 3. The Morgan fingerprint density at radius 3 is 2.78 bits per heavy atom. The Kier molecular flexibility index (Phi) is 2.73. The SMILES string of the molecule is Cc1ccc(OCc2ccccc2)c2cn[nH]c12. The lowest BCUT2D eigenvalue weighted by atomic mass is 10.1. The van der Waals surface area contributed by atoms with E-state index in [1.54, 1.807) is 0 Å². The third-order valence-corrected chi connectivity index (χ3v) is 3.02. The van der Waals surface area contributed by atoms with E-state index < -0.39 is 0 Å². The van der Waals surface area contributed by atoms with Crippen LogP contribution in [0.25, 0.3) is 10.9 Å². The summed E-state index contributed by atoms with van der Waals surface area (Å²) >= 11 is 0. The molecule has 0 atom stereocenters. The number of fused-ring (bicyclic) bond motifs is 1. The highest BCUT2D eigenvalue weighted by molar-refractivity contribution is 5.87. The normalized spacial score (nSPS) is 10.7. The van der Waals surface area contributed by atoms with Crippen molar-refractivity contribution in [1.29, 1.82) is 0 Å². The molecular weight excluding hydrogens is 224 g/mol. The number of aromatic nitrogens is 2. The van der Waals surface area contributed by atoms with E-state index in [2.05, 4.69) is 29.3 Å². The number of hydrogen-bond donors (Lipinski definition) is 1. The lowest BCUT2D eigenvalue weighted by molar-refractivity contribution is 0.310. The van der Waals surface area contributed by atoms with Gasteiger partial charge in [0.2, 0.25) is 0 Å². The van der Waals surface area contributed by atoms with Crippen molar-refractivity contribution in [1.82, 2.24) is 10.2 Å². The zero-order valence-corrected chi connectivity index (χ0v) is 10.2. The molecule has 0 radical (unpaired) electrons. The van der Waals surface area contributed by atoms with Crippen LogP contribution in [-0.4, -0.2) is 10.2 Å². The Hall–Kier alpha value is -2.29. The molecule has 3 rings (SSSR count). The lowest BCUT2D eigenvalue weighted by Gasteiger charge is -2.08. The zero-order valence-electron chi connectivity index (χ0n) is 10.2. The van der Waals surface area contributed by atoms with Crippen LogP contribution in [0.5, 0.6) is 5.75 Å². The standard InChI is InChI=1S/C15H14N2O/c1-11-7-8-14(13-9-16-17-15(11)13)18-10-12-5-3-2-4-6-12/h2-9H,10H2,1H3,(H,16,17). The van der Waals surface area contributed by atoms with Gasteiger partial charge in [0.25, 0.3) is 0 Å². The van der Waals surface area contributed by atoms with E-state index in [1.165, 1.54) is 5.56 Å². The second kappa shape index (κ2) is 4.53. The van der Waals surface area contributed by atoms with Gasteiger partial charge in [-0.1, -0.05) is 36.4 Å². The molecule has 0 saturated carbocycles. The second-order valence-corrected chi connectivity index (χ2v) is 4.31. The van der Waals surface area contributed by atoms with Crippen molar-refractivity contribution < 1.29 is 4.74 Å². The van der Waals surface area contributed by atoms with Crippen LogP contribution in [0.15, 0.2) is 48.7 Å². The van der Waals surface area contributed by atoms with E-state index in [0.29, 0.717) is 6.61 Å². The fraction of sp³-hybridized carbons (Fsp3) is 0.133. The molecule has 18 heavy (non-hydrogen) atoms. The Morgan fingerprint density at radius 1 is 1.11 bits per heavy atom. The summed E-state index contributed by atoms with van der Waals surface area (Å²) in [4.78, 5) is 0. The fourth-order valence-electron chi connectivity index (χ4n) is 2.01. The van der Waals surface area contributed by atoms with Crippen molar-refractivity contribution in [2.75, 3.05) is 0 Å². The molecule has 3 nitrogen and oxygen atoms in total. The van der Waals surface area contributed by atoms with Crippen molar-refractivity contribution >= 4 is 10.9 Å². The van der Waals surface area contributed by atoms with Gasteiger partial charge in [0.1, 0.15) is 12.4 Å². The monoisotopic (exact) mass is 238 g/mol. The first-order valence-electron chi connectivity index (χ1n) is 5.94. The highest BCUT2D eigenvalue weighted by Gasteiger charge is 2.06. The van der Waals surface area contributed by atoms with Gasteiger partial charge in [-0.05, 0) is 24.1 Å². The molecule has 3 heteroatoms. The molecule has 1 N–H and O–H groups in total. The summed E-state index contributed by atoms with van der Waals surface area (Å²) in [5.74, 6) is 0.869. The van der Waals surface area contributed by atoms with E-state index >= 15 is 0 Å². The van der Waals surface area contributed by atoms with Crippen LogP contribution in [0.4, 0.5) is 0 Å². The predicted octanol–water partition coefficient (Wildman–Crippen LogP) is 3.45. The number of benzene rings is 2. The van der Waals surface area contributed by atoms with Gasteiger partial charge in [-0.15, -0.1) is 0 Å². The minimum absolute atomic E-state index is 0.574. The summed E-state index contributed by atoms with van der Waals surface area (Å²) in [6, 6.07) is 14.2. The van der Waals surface area contributed by atoms with Crippen LogP contribution in [0, 0.1) is 6.92 Å². The van der Waals surface area contributed by atoms with Crippen LogP contribution in [0.1, 0.15) is 11.1 Å². The van der Waals surface area contributed by atoms with Crippen molar-refractivity contribution in [3.8, 4) is 5.75 Å². The largest absolute Gasteiger partial charge is 0.488 e. The number of H-pyrrole nitrogens is 1. The smallest absolute Gasteiger partial charge is 0.130 e. The summed E-state index contributed by atoms with van der Waals surface area (Å²) < 4.78 is 5.86. The second-order valence-electron chi connectivity index (χ2n) is 4.31. The maximum atomic E-state index is 5.86. The summed E-state index contributed by atoms with van der Waals surface area (Å²) in [5, 5.41) is 8.10. The predicted molar refractivity (Wildman–Crippen MR) is 71.6 cm³/mol. The highest BCUT2D eigenvalue weighted by Crippen LogP contribution is 2.27. The molecule has 0 fully saturated rings. The minimum atomic E-state index is 0.574. The summed E-state index contributed by atoms with van der Waals surface area (Å²) in [6.45, 7) is 2.63. The van der Waals surface area contributed by atoms with Crippen molar-refractivity contribution in [2.24, 2.45) is 0 Å². The number of nitrogens with one attached hydrogen (secondary N) is 1. The maximum Gasteiger partial charge on any atom is 0.130 e. The first-order chi connectivity index (χ1) is 8.84. The quantitative estimate of drug-likeness (QED) is 0.759. The van der Waals surface area contributed by atoms with Crippen LogP contribution < -0.4 is 4.74 Å². The number of aromatic amines is 1. The molecule has 3 aromatic rings. The molecule has 0 saturated heterocycles. The molecule has 0 aliphatic heterocycles. The number of hydrogen-bond acceptors (Lipinski definition) is 2. The van der Waals surface area contributed by atoms with Gasteiger partial charge in [0.05, 0.1) is 17.1 Å². The van der Waals surface area contributed by atoms with Crippen molar-refractivity contribution in [3.63, 3.8) is 0 Å². The summed E-state index contributed by atoms with van der Waals surface area (Å²) in [7, 11) is 0. The molecule has 0 aliphatic carbocycles. The molecule has 0 spiro atoms. The molecule has 90 valence electrons. The Bertz CT molecular complexity index is 659. The van der Waals surface area contributed by atoms with Gasteiger partial charge in [0, 0.05) is 0 Å². The zero-order chi connectivity index (χ0) is 12.4. The fourth-order valence-corrected chi connectivity index (χ4v) is 2.01. The van der Waals surface area contributed by atoms with Gasteiger partial charge in [0.15, 0.2) is 0 Å². The van der Waals surface area contributed by atoms with E-state index in [0.717, 1.165) is 22.2 Å². The van der Waals surface area contributed by atoms with Crippen LogP contribution in [-0.2, 0) is 6.61 Å². The van der Waals surface area contributed by atoms with Gasteiger partial charge in [-0.2, -0.15) is 5.10 Å². The average molecular weight is 238 g/mol. The van der Waals surface area contributed by atoms with Gasteiger partial charge in [-0.25, -0.2) is 0 Å². The van der Waals surface area contributed by atoms with E-state index in [-0.39, 0.29) is 0 Å². The molecule has 1 aromatic heterocycles. The van der Waals surface area contributed by atoms with Crippen LogP contribution >= 0.6 is 0 Å². The van der Waals surface area contributed by atoms with Gasteiger partial charge in [-0.3, -0.25) is 5.10 Å². The third-order valence-electron chi connectivity index (χ3n) is 3.02. The maximum absolute atomic E-state index is 5.86. The van der Waals surface area contributed by atoms with Crippen molar-refractivity contribution in [3.05, 3.63) is 59.8 Å².